The van der Waals surface area contributed by atoms with Crippen LogP contribution in [0.1, 0.15) is 23.7 Å². The molecule has 0 saturated carbocycles. The summed E-state index contributed by atoms with van der Waals surface area (Å²) in [6.07, 6.45) is 0.411. The van der Waals surface area contributed by atoms with Gasteiger partial charge in [0.05, 0.1) is 12.7 Å². The fourth-order valence-electron chi connectivity index (χ4n) is 2.64. The van der Waals surface area contributed by atoms with Crippen molar-refractivity contribution in [1.82, 2.24) is 9.80 Å². The minimum absolute atomic E-state index is 0.242. The molecule has 1 aliphatic rings. The van der Waals surface area contributed by atoms with Crippen LogP contribution in [-0.2, 0) is 0 Å². The van der Waals surface area contributed by atoms with E-state index < -0.39 is 0 Å². The van der Waals surface area contributed by atoms with E-state index in [1.807, 2.05) is 24.3 Å². The second kappa shape index (κ2) is 7.74. The molecule has 1 fully saturated rings. The first kappa shape index (κ1) is 15.4. The number of aryl methyl sites for hydroxylation is 1. The van der Waals surface area contributed by atoms with Crippen LogP contribution in [0, 0.1) is 6.92 Å². The molecule has 1 aromatic carbocycles. The molecule has 1 unspecified atom stereocenters. The van der Waals surface area contributed by atoms with Crippen molar-refractivity contribution in [2.75, 3.05) is 45.9 Å². The third-order valence-corrected chi connectivity index (χ3v) is 4.06. The van der Waals surface area contributed by atoms with Gasteiger partial charge in [0.1, 0.15) is 0 Å². The lowest BCUT2D eigenvalue weighted by Gasteiger charge is -2.34. The van der Waals surface area contributed by atoms with Crippen LogP contribution in [0.3, 0.4) is 0 Å². The Balaban J connectivity index is 1.71. The normalized spacial score (nSPS) is 19.1. The molecule has 2 rings (SSSR count). The molecule has 0 amide bonds. The molecule has 1 saturated heterocycles. The summed E-state index contributed by atoms with van der Waals surface area (Å²) < 4.78 is 0. The molecule has 4 heteroatoms. The van der Waals surface area contributed by atoms with Crippen LogP contribution in [-0.4, -0.2) is 65.9 Å². The number of aliphatic hydroxyl groups excluding tert-OH is 2. The third-order valence-electron chi connectivity index (χ3n) is 4.06. The molecule has 1 atom stereocenters. The fraction of sp³-hybridized carbons (Fsp3) is 0.625. The van der Waals surface area contributed by atoms with Gasteiger partial charge in [-0.15, -0.1) is 0 Å². The summed E-state index contributed by atoms with van der Waals surface area (Å²) in [7, 11) is 0. The summed E-state index contributed by atoms with van der Waals surface area (Å²) in [5, 5.41) is 19.1. The molecule has 4 nitrogen and oxygen atoms in total. The lowest BCUT2D eigenvalue weighted by atomic mass is 10.0. The number of aliphatic hydroxyl groups is 2. The monoisotopic (exact) mass is 278 g/mol. The van der Waals surface area contributed by atoms with E-state index >= 15 is 0 Å². The van der Waals surface area contributed by atoms with Crippen LogP contribution >= 0.6 is 0 Å². The van der Waals surface area contributed by atoms with Crippen LogP contribution in [0.15, 0.2) is 24.3 Å². The van der Waals surface area contributed by atoms with Crippen molar-refractivity contribution in [1.29, 1.82) is 0 Å². The standard InChI is InChI=1S/C16H26N2O2/c1-14-2-4-15(5-3-14)16(20)6-7-17-8-10-18(11-9-17)12-13-19/h2-5,16,19-20H,6-13H2,1H3. The van der Waals surface area contributed by atoms with Crippen molar-refractivity contribution in [2.24, 2.45) is 0 Å². The highest BCUT2D eigenvalue weighted by molar-refractivity contribution is 5.23. The molecule has 1 aliphatic heterocycles. The van der Waals surface area contributed by atoms with Gasteiger partial charge in [0.25, 0.3) is 0 Å². The van der Waals surface area contributed by atoms with Crippen molar-refractivity contribution in [3.8, 4) is 0 Å². The van der Waals surface area contributed by atoms with Gasteiger partial charge in [0.15, 0.2) is 0 Å². The van der Waals surface area contributed by atoms with Gasteiger partial charge >= 0.3 is 0 Å². The van der Waals surface area contributed by atoms with E-state index in [1.165, 1.54) is 5.56 Å². The highest BCUT2D eigenvalue weighted by Gasteiger charge is 2.17. The molecule has 0 radical (unpaired) electrons. The Bertz CT molecular complexity index is 386. The van der Waals surface area contributed by atoms with Gasteiger partial charge in [-0.25, -0.2) is 0 Å². The van der Waals surface area contributed by atoms with E-state index in [0.29, 0.717) is 0 Å². The smallest absolute Gasteiger partial charge is 0.0802 e. The maximum Gasteiger partial charge on any atom is 0.0802 e. The number of nitrogens with zero attached hydrogens (tertiary/aromatic N) is 2. The maximum atomic E-state index is 10.2. The molecule has 1 heterocycles. The Kier molecular flexibility index (Phi) is 5.98. The van der Waals surface area contributed by atoms with E-state index in [2.05, 4.69) is 16.7 Å². The summed E-state index contributed by atoms with van der Waals surface area (Å²) in [6.45, 7) is 8.10. The van der Waals surface area contributed by atoms with Gasteiger partial charge < -0.3 is 15.1 Å². The van der Waals surface area contributed by atoms with Gasteiger partial charge in [-0.1, -0.05) is 29.8 Å². The van der Waals surface area contributed by atoms with Gasteiger partial charge in [-0.3, -0.25) is 4.90 Å². The zero-order chi connectivity index (χ0) is 14.4. The topological polar surface area (TPSA) is 46.9 Å². The molecule has 0 spiro atoms. The minimum atomic E-state index is -0.369. The number of β-amino-alcohol motifs (C(OH)–C–C–N with tert-alkyl or cyclic N) is 1. The largest absolute Gasteiger partial charge is 0.395 e. The van der Waals surface area contributed by atoms with Crippen molar-refractivity contribution < 1.29 is 10.2 Å². The summed E-state index contributed by atoms with van der Waals surface area (Å²) in [5.41, 5.74) is 2.23. The van der Waals surface area contributed by atoms with Crippen LogP contribution in [0.5, 0.6) is 0 Å². The zero-order valence-electron chi connectivity index (χ0n) is 12.3. The molecule has 0 aromatic heterocycles. The number of benzene rings is 1. The molecular formula is C16H26N2O2. The highest BCUT2D eigenvalue weighted by atomic mass is 16.3. The predicted molar refractivity (Wildman–Crippen MR) is 80.7 cm³/mol. The highest BCUT2D eigenvalue weighted by Crippen LogP contribution is 2.18. The Morgan fingerprint density at radius 1 is 1.00 bits per heavy atom. The summed E-state index contributed by atoms with van der Waals surface area (Å²) >= 11 is 0. The van der Waals surface area contributed by atoms with E-state index in [-0.39, 0.29) is 12.7 Å². The van der Waals surface area contributed by atoms with Gasteiger partial charge in [0.2, 0.25) is 0 Å². The van der Waals surface area contributed by atoms with Crippen LogP contribution in [0.4, 0.5) is 0 Å². The van der Waals surface area contributed by atoms with Crippen molar-refractivity contribution >= 4 is 0 Å². The molecule has 0 aliphatic carbocycles. The number of piperazine rings is 1. The number of rotatable bonds is 6. The molecular weight excluding hydrogens is 252 g/mol. The first-order valence-electron chi connectivity index (χ1n) is 7.49. The van der Waals surface area contributed by atoms with Crippen molar-refractivity contribution in [3.05, 3.63) is 35.4 Å². The van der Waals surface area contributed by atoms with E-state index in [9.17, 15) is 5.11 Å². The SMILES string of the molecule is Cc1ccc(C(O)CCN2CCN(CCO)CC2)cc1. The molecule has 20 heavy (non-hydrogen) atoms. The number of hydrogen-bond acceptors (Lipinski definition) is 4. The predicted octanol–water partition coefficient (Wildman–Crippen LogP) is 1.03. The molecule has 0 bridgehead atoms. The number of hydrogen-bond donors (Lipinski definition) is 2. The van der Waals surface area contributed by atoms with Crippen LogP contribution in [0.25, 0.3) is 0 Å². The maximum absolute atomic E-state index is 10.2. The average Bonchev–Trinajstić information content (AvgIpc) is 2.47. The minimum Gasteiger partial charge on any atom is -0.395 e. The van der Waals surface area contributed by atoms with E-state index in [0.717, 1.165) is 51.3 Å². The summed E-state index contributed by atoms with van der Waals surface area (Å²) in [4.78, 5) is 4.68. The fourth-order valence-corrected chi connectivity index (χ4v) is 2.64. The third kappa shape index (κ3) is 4.56. The first-order valence-corrected chi connectivity index (χ1v) is 7.49. The Morgan fingerprint density at radius 2 is 1.55 bits per heavy atom. The van der Waals surface area contributed by atoms with Gasteiger partial charge in [0, 0.05) is 39.3 Å². The molecule has 112 valence electrons. The zero-order valence-corrected chi connectivity index (χ0v) is 12.3. The second-order valence-corrected chi connectivity index (χ2v) is 5.62. The molecule has 1 aromatic rings. The second-order valence-electron chi connectivity index (χ2n) is 5.62. The van der Waals surface area contributed by atoms with Gasteiger partial charge in [-0.2, -0.15) is 0 Å². The van der Waals surface area contributed by atoms with Crippen LogP contribution in [0.2, 0.25) is 0 Å². The lowest BCUT2D eigenvalue weighted by Crippen LogP contribution is -2.47. The van der Waals surface area contributed by atoms with Gasteiger partial charge in [-0.05, 0) is 18.9 Å². The quantitative estimate of drug-likeness (QED) is 0.816. The summed E-state index contributed by atoms with van der Waals surface area (Å²) in [5.74, 6) is 0. The Labute approximate surface area is 121 Å². The van der Waals surface area contributed by atoms with Crippen LogP contribution < -0.4 is 0 Å². The average molecular weight is 278 g/mol. The van der Waals surface area contributed by atoms with Crippen molar-refractivity contribution in [2.45, 2.75) is 19.4 Å². The van der Waals surface area contributed by atoms with E-state index in [1.54, 1.807) is 0 Å². The summed E-state index contributed by atoms with van der Waals surface area (Å²) in [6, 6.07) is 8.12. The first-order chi connectivity index (χ1) is 9.69. The molecule has 2 N–H and O–H groups in total. The van der Waals surface area contributed by atoms with E-state index in [4.69, 9.17) is 5.11 Å². The van der Waals surface area contributed by atoms with Crippen molar-refractivity contribution in [3.63, 3.8) is 0 Å². The Hall–Kier alpha value is -0.940. The lowest BCUT2D eigenvalue weighted by molar-refractivity contribution is 0.0924. The Morgan fingerprint density at radius 3 is 2.10 bits per heavy atom.